The van der Waals surface area contributed by atoms with Crippen LogP contribution in [0.25, 0.3) is 0 Å². The van der Waals surface area contributed by atoms with E-state index in [-0.39, 0.29) is 19.4 Å². The van der Waals surface area contributed by atoms with Crippen molar-refractivity contribution in [2.45, 2.75) is 134 Å². The van der Waals surface area contributed by atoms with E-state index < -0.39 is 87.6 Å². The zero-order chi connectivity index (χ0) is 34.0. The van der Waals surface area contributed by atoms with E-state index in [1.165, 1.54) is 0 Å². The molecule has 1 aromatic rings. The highest BCUT2D eigenvalue weighted by Crippen LogP contribution is 2.64. The Morgan fingerprint density at radius 1 is 1.07 bits per heavy atom. The Morgan fingerprint density at radius 2 is 1.67 bits per heavy atom. The number of aliphatic hydroxyl groups excluding tert-OH is 2. The molecule has 46 heavy (non-hydrogen) atoms. The normalized spacial score (nSPS) is 38.8. The number of benzene rings is 1. The van der Waals surface area contributed by atoms with Crippen LogP contribution in [-0.2, 0) is 23.1 Å². The van der Waals surface area contributed by atoms with Crippen molar-refractivity contribution in [3.8, 4) is 0 Å². The second kappa shape index (κ2) is 12.3. The lowest BCUT2D eigenvalue weighted by molar-refractivity contribution is -0.340. The van der Waals surface area contributed by atoms with Gasteiger partial charge in [0.05, 0.1) is 35.9 Å². The molecule has 2 bridgehead atoms. The summed E-state index contributed by atoms with van der Waals surface area (Å²) in [6, 6.07) is 11.2. The van der Waals surface area contributed by atoms with Crippen LogP contribution in [-0.4, -0.2) is 92.8 Å². The summed E-state index contributed by atoms with van der Waals surface area (Å²) in [6.45, 7) is 17.6. The van der Waals surface area contributed by atoms with Crippen LogP contribution >= 0.6 is 0 Å². The minimum absolute atomic E-state index is 0.0517. The fourth-order valence-electron chi connectivity index (χ4n) is 9.29. The molecule has 9 atom stereocenters. The number of hydrogen-bond acceptors (Lipinski definition) is 9. The van der Waals surface area contributed by atoms with E-state index in [9.17, 15) is 20.1 Å². The lowest BCUT2D eigenvalue weighted by atomic mass is 9.44. The van der Waals surface area contributed by atoms with Crippen molar-refractivity contribution < 1.29 is 43.2 Å². The summed E-state index contributed by atoms with van der Waals surface area (Å²) in [6.07, 6.45) is -4.95. The van der Waals surface area contributed by atoms with Crippen molar-refractivity contribution in [1.82, 2.24) is 0 Å². The molecule has 0 aromatic heterocycles. The minimum atomic E-state index is -2.35. The van der Waals surface area contributed by atoms with Gasteiger partial charge in [-0.1, -0.05) is 52.8 Å². The van der Waals surface area contributed by atoms with Crippen molar-refractivity contribution in [2.75, 3.05) is 6.61 Å². The maximum atomic E-state index is 15.1. The zero-order valence-corrected chi connectivity index (χ0v) is 30.9. The van der Waals surface area contributed by atoms with Crippen LogP contribution < -0.4 is 0 Å². The summed E-state index contributed by atoms with van der Waals surface area (Å²) in [5.41, 5.74) is -4.38. The monoisotopic (exact) mass is 673 g/mol. The first-order valence-corrected chi connectivity index (χ1v) is 21.8. The molecule has 11 heteroatoms. The summed E-state index contributed by atoms with van der Waals surface area (Å²) in [4.78, 5) is 29.3. The second-order valence-corrected chi connectivity index (χ2v) is 21.7. The highest BCUT2D eigenvalue weighted by atomic mass is 28.4. The largest absolute Gasteiger partial charge is 0.455 e. The second-order valence-electron chi connectivity index (χ2n) is 14.9. The molecule has 1 radical (unpaired) electrons. The van der Waals surface area contributed by atoms with E-state index in [0.717, 1.165) is 18.1 Å². The Hall–Kier alpha value is -1.71. The summed E-state index contributed by atoms with van der Waals surface area (Å²) < 4.78 is 26.9. The minimum Gasteiger partial charge on any atom is -0.455 e. The van der Waals surface area contributed by atoms with E-state index in [2.05, 4.69) is 20.8 Å². The highest BCUT2D eigenvalue weighted by Gasteiger charge is 2.77. The number of Topliss-reactive ketones (excluding diaryl/α,β-unsaturated/α-hetero) is 1. The Balaban J connectivity index is 1.84. The van der Waals surface area contributed by atoms with Crippen molar-refractivity contribution in [2.24, 2.45) is 16.7 Å². The molecular formula is C35H53O9Si2. The molecule has 0 unspecified atom stereocenters. The van der Waals surface area contributed by atoms with Gasteiger partial charge in [0, 0.05) is 24.2 Å². The van der Waals surface area contributed by atoms with Crippen LogP contribution in [0.2, 0.25) is 31.2 Å². The molecule has 1 aromatic carbocycles. The molecule has 3 N–H and O–H groups in total. The van der Waals surface area contributed by atoms with Gasteiger partial charge in [0.2, 0.25) is 9.04 Å². The van der Waals surface area contributed by atoms with E-state index in [1.54, 1.807) is 38.1 Å². The van der Waals surface area contributed by atoms with Crippen molar-refractivity contribution in [3.05, 3.63) is 47.0 Å². The highest BCUT2D eigenvalue weighted by molar-refractivity contribution is 6.73. The third kappa shape index (κ3) is 5.07. The smallest absolute Gasteiger partial charge is 0.338 e. The molecule has 5 rings (SSSR count). The van der Waals surface area contributed by atoms with Gasteiger partial charge in [0.15, 0.2) is 14.1 Å². The van der Waals surface area contributed by atoms with Crippen LogP contribution in [0, 0.1) is 16.7 Å². The third-order valence-corrected chi connectivity index (χ3v) is 17.7. The number of hydrogen-bond donors (Lipinski definition) is 3. The Morgan fingerprint density at radius 3 is 2.20 bits per heavy atom. The molecule has 1 heterocycles. The van der Waals surface area contributed by atoms with Gasteiger partial charge in [0.25, 0.3) is 0 Å². The first kappa shape index (κ1) is 35.6. The average Bonchev–Trinajstić information content (AvgIpc) is 3.01. The van der Waals surface area contributed by atoms with Crippen LogP contribution in [0.1, 0.15) is 71.7 Å². The standard InChI is InChI=1S/C35H53O9Si2/c1-10-46(11-2,12-3)43-24-18-25-34(40,20-41-25)28-30(42-31(39)22-16-14-13-15-17-22)35(44-45(8)9)19-23(36)21(4)26(32(35,5)6)27(37)29(38)33(24,28)7/h13-17,23-25,27-28,30,36-37,40H,10-12,18-20H2,1-9H3/t23-,24-,25+,27+,28-,30-,33+,34-,35+/m0/s1. The topological polar surface area (TPSA) is 132 Å². The van der Waals surface area contributed by atoms with Gasteiger partial charge in [-0.25, -0.2) is 4.79 Å². The van der Waals surface area contributed by atoms with Gasteiger partial charge < -0.3 is 33.6 Å². The number of fused-ring (bicyclic) bond motifs is 5. The van der Waals surface area contributed by atoms with Crippen LogP contribution in [0.15, 0.2) is 41.5 Å². The van der Waals surface area contributed by atoms with Crippen molar-refractivity contribution in [3.63, 3.8) is 0 Å². The molecule has 0 amide bonds. The quantitative estimate of drug-likeness (QED) is 0.192. The lowest BCUT2D eigenvalue weighted by Crippen LogP contribution is -2.82. The maximum absolute atomic E-state index is 15.1. The summed E-state index contributed by atoms with van der Waals surface area (Å²) in [7, 11) is -3.91. The average molecular weight is 674 g/mol. The van der Waals surface area contributed by atoms with Gasteiger partial charge in [-0.3, -0.25) is 4.79 Å². The molecular weight excluding hydrogens is 621 g/mol. The number of carbonyl (C=O) groups excluding carboxylic acids is 2. The van der Waals surface area contributed by atoms with E-state index >= 15 is 4.79 Å². The molecule has 2 saturated carbocycles. The SMILES string of the molecule is CC[Si](CC)(CC)O[C@H]1C[C@H]2OC[C@@]2(O)[C@H]2[C@H](OC(=O)c3ccccc3)[C@]3(O[Si](C)C)C[C@H](O)C(C)=C([C@@H](O)C(=O)[C@]12C)C3(C)C. The Bertz CT molecular complexity index is 1350. The van der Waals surface area contributed by atoms with Crippen LogP contribution in [0.5, 0.6) is 0 Å². The fraction of sp³-hybridized carbons (Fsp3) is 0.714. The third-order valence-electron chi connectivity index (χ3n) is 12.3. The van der Waals surface area contributed by atoms with Gasteiger partial charge in [0.1, 0.15) is 23.4 Å². The molecule has 9 nitrogen and oxygen atoms in total. The molecule has 0 spiro atoms. The fourth-order valence-corrected chi connectivity index (χ4v) is 13.4. The number of ketones is 1. The van der Waals surface area contributed by atoms with Gasteiger partial charge in [-0.05, 0) is 68.4 Å². The Kier molecular flexibility index (Phi) is 9.53. The predicted molar refractivity (Wildman–Crippen MR) is 178 cm³/mol. The first-order valence-electron chi connectivity index (χ1n) is 16.9. The number of ether oxygens (including phenoxy) is 2. The van der Waals surface area contributed by atoms with Gasteiger partial charge >= 0.3 is 5.97 Å². The summed E-state index contributed by atoms with van der Waals surface area (Å²) >= 11 is 0. The number of esters is 1. The van der Waals surface area contributed by atoms with E-state index in [1.807, 2.05) is 33.0 Å². The molecule has 3 aliphatic carbocycles. The van der Waals surface area contributed by atoms with Crippen molar-refractivity contribution >= 4 is 29.1 Å². The number of carbonyl (C=O) groups is 2. The lowest BCUT2D eigenvalue weighted by Gasteiger charge is -2.68. The van der Waals surface area contributed by atoms with Gasteiger partial charge in [-0.2, -0.15) is 0 Å². The molecule has 1 saturated heterocycles. The zero-order valence-electron chi connectivity index (χ0n) is 28.9. The van der Waals surface area contributed by atoms with Gasteiger partial charge in [-0.15, -0.1) is 0 Å². The molecule has 3 fully saturated rings. The summed E-state index contributed by atoms with van der Waals surface area (Å²) in [5.74, 6) is -2.19. The first-order chi connectivity index (χ1) is 21.5. The predicted octanol–water partition coefficient (Wildman–Crippen LogP) is 4.82. The van der Waals surface area contributed by atoms with Crippen molar-refractivity contribution in [1.29, 1.82) is 0 Å². The van der Waals surface area contributed by atoms with E-state index in [0.29, 0.717) is 16.7 Å². The number of aliphatic hydroxyl groups is 3. The van der Waals surface area contributed by atoms with E-state index in [4.69, 9.17) is 18.3 Å². The molecule has 4 aliphatic rings. The molecule has 1 aliphatic heterocycles. The Labute approximate surface area is 276 Å². The molecule has 255 valence electrons. The summed E-state index contributed by atoms with van der Waals surface area (Å²) in [5, 5.41) is 36.5. The van der Waals surface area contributed by atoms with Crippen LogP contribution in [0.3, 0.4) is 0 Å². The maximum Gasteiger partial charge on any atom is 0.338 e. The number of rotatable bonds is 9. The van der Waals surface area contributed by atoms with Crippen LogP contribution in [0.4, 0.5) is 0 Å².